The molecule has 0 saturated carbocycles. The van der Waals surface area contributed by atoms with Gasteiger partial charge in [-0.2, -0.15) is 0 Å². The molecule has 1 N–H and O–H groups in total. The molecule has 0 bridgehead atoms. The van der Waals surface area contributed by atoms with Crippen LogP contribution in [0.5, 0.6) is 5.75 Å². The minimum Gasteiger partial charge on any atom is -0.490 e. The lowest BCUT2D eigenvalue weighted by atomic mass is 10.1. The lowest BCUT2D eigenvalue weighted by molar-refractivity contribution is -0.385. The Morgan fingerprint density at radius 1 is 1.17 bits per heavy atom. The maximum Gasteiger partial charge on any atom is 0.333 e. The summed E-state index contributed by atoms with van der Waals surface area (Å²) in [6.45, 7) is 3.48. The molecule has 0 fully saturated rings. The van der Waals surface area contributed by atoms with Crippen molar-refractivity contribution in [2.24, 2.45) is 0 Å². The third-order valence-electron chi connectivity index (χ3n) is 5.81. The van der Waals surface area contributed by atoms with Crippen LogP contribution in [0.4, 0.5) is 11.4 Å². The highest BCUT2D eigenvalue weighted by molar-refractivity contribution is 5.92. The summed E-state index contributed by atoms with van der Waals surface area (Å²) in [5, 5.41) is 13.9. The van der Waals surface area contributed by atoms with Crippen LogP contribution in [-0.4, -0.2) is 36.6 Å². The van der Waals surface area contributed by atoms with E-state index in [9.17, 15) is 24.5 Å². The SMILES string of the molecule is CCn1cnc2c1c(=O)n(CC(=O)Nc1cc(OC)c([N+](=O)[O-])cc1C)c(=O)n2Cc1ccccc1. The Bertz CT molecular complexity index is 1580. The molecule has 0 aliphatic carbocycles. The van der Waals surface area contributed by atoms with E-state index in [4.69, 9.17) is 4.74 Å². The minimum absolute atomic E-state index is 0.0310. The Labute approximate surface area is 204 Å². The van der Waals surface area contributed by atoms with E-state index in [-0.39, 0.29) is 34.8 Å². The first-order chi connectivity index (χ1) is 17.2. The molecule has 2 heterocycles. The second-order valence-corrected chi connectivity index (χ2v) is 8.09. The fourth-order valence-corrected chi connectivity index (χ4v) is 3.97. The third-order valence-corrected chi connectivity index (χ3v) is 5.81. The molecule has 4 rings (SSSR count). The van der Waals surface area contributed by atoms with Gasteiger partial charge in [-0.1, -0.05) is 30.3 Å². The molecule has 4 aromatic rings. The predicted molar refractivity (Wildman–Crippen MR) is 132 cm³/mol. The molecule has 0 aliphatic heterocycles. The number of nitro benzene ring substituents is 1. The van der Waals surface area contributed by atoms with Crippen molar-refractivity contribution in [3.05, 3.63) is 90.9 Å². The number of anilines is 1. The van der Waals surface area contributed by atoms with Crippen LogP contribution in [0.1, 0.15) is 18.1 Å². The summed E-state index contributed by atoms with van der Waals surface area (Å²) < 4.78 is 8.92. The number of hydrogen-bond donors (Lipinski definition) is 1. The van der Waals surface area contributed by atoms with Crippen molar-refractivity contribution in [2.75, 3.05) is 12.4 Å². The summed E-state index contributed by atoms with van der Waals surface area (Å²) in [5.41, 5.74) is 0.417. The molecular weight excluding hydrogens is 468 g/mol. The van der Waals surface area contributed by atoms with Gasteiger partial charge in [0.25, 0.3) is 5.56 Å². The summed E-state index contributed by atoms with van der Waals surface area (Å²) in [6.07, 6.45) is 1.49. The smallest absolute Gasteiger partial charge is 0.333 e. The van der Waals surface area contributed by atoms with Crippen molar-refractivity contribution in [3.8, 4) is 5.75 Å². The van der Waals surface area contributed by atoms with E-state index in [0.29, 0.717) is 12.1 Å². The topological polar surface area (TPSA) is 143 Å². The first-order valence-electron chi connectivity index (χ1n) is 11.1. The fraction of sp³-hybridized carbons (Fsp3) is 0.250. The van der Waals surface area contributed by atoms with E-state index in [1.165, 1.54) is 30.1 Å². The number of methoxy groups -OCH3 is 1. The first kappa shape index (κ1) is 24.4. The number of aryl methyl sites for hydroxylation is 2. The van der Waals surface area contributed by atoms with Crippen LogP contribution < -0.4 is 21.3 Å². The average molecular weight is 492 g/mol. The molecule has 0 unspecified atom stereocenters. The maximum atomic E-state index is 13.4. The number of carbonyl (C=O) groups is 1. The summed E-state index contributed by atoms with van der Waals surface area (Å²) in [6, 6.07) is 11.8. The van der Waals surface area contributed by atoms with Gasteiger partial charge >= 0.3 is 11.4 Å². The largest absolute Gasteiger partial charge is 0.490 e. The Kier molecular flexibility index (Phi) is 6.68. The fourth-order valence-electron chi connectivity index (χ4n) is 3.97. The number of amides is 1. The van der Waals surface area contributed by atoms with E-state index in [2.05, 4.69) is 10.3 Å². The van der Waals surface area contributed by atoms with Crippen molar-refractivity contribution in [3.63, 3.8) is 0 Å². The van der Waals surface area contributed by atoms with Gasteiger partial charge in [0.05, 0.1) is 24.9 Å². The zero-order valence-corrected chi connectivity index (χ0v) is 19.9. The zero-order valence-electron chi connectivity index (χ0n) is 19.9. The number of benzene rings is 2. The number of hydrogen-bond acceptors (Lipinski definition) is 7. The summed E-state index contributed by atoms with van der Waals surface area (Å²) in [5.74, 6) is -0.682. The Morgan fingerprint density at radius 3 is 2.53 bits per heavy atom. The van der Waals surface area contributed by atoms with Crippen molar-refractivity contribution in [1.82, 2.24) is 18.7 Å². The molecular formula is C24H24N6O6. The zero-order chi connectivity index (χ0) is 26.0. The van der Waals surface area contributed by atoms with Crippen molar-refractivity contribution in [2.45, 2.75) is 33.5 Å². The average Bonchev–Trinajstić information content (AvgIpc) is 3.30. The van der Waals surface area contributed by atoms with Crippen LogP contribution >= 0.6 is 0 Å². The number of nitrogens with one attached hydrogen (secondary N) is 1. The molecule has 36 heavy (non-hydrogen) atoms. The number of carbonyl (C=O) groups excluding carboxylic acids is 1. The van der Waals surface area contributed by atoms with Gasteiger partial charge in [-0.25, -0.2) is 14.3 Å². The van der Waals surface area contributed by atoms with Gasteiger partial charge in [0, 0.05) is 24.4 Å². The third kappa shape index (κ3) is 4.48. The predicted octanol–water partition coefficient (Wildman–Crippen LogP) is 2.29. The van der Waals surface area contributed by atoms with Gasteiger partial charge in [0.2, 0.25) is 5.91 Å². The van der Waals surface area contributed by atoms with Gasteiger partial charge in [-0.15, -0.1) is 0 Å². The second-order valence-electron chi connectivity index (χ2n) is 8.09. The van der Waals surface area contributed by atoms with E-state index in [1.54, 1.807) is 11.5 Å². The lowest BCUT2D eigenvalue weighted by Gasteiger charge is -2.14. The van der Waals surface area contributed by atoms with Crippen LogP contribution in [0.3, 0.4) is 0 Å². The number of rotatable bonds is 8. The molecule has 0 atom stereocenters. The Balaban J connectivity index is 1.74. The van der Waals surface area contributed by atoms with Crippen molar-refractivity contribution in [1.29, 1.82) is 0 Å². The lowest BCUT2D eigenvalue weighted by Crippen LogP contribution is -2.43. The van der Waals surface area contributed by atoms with E-state index < -0.39 is 28.6 Å². The summed E-state index contributed by atoms with van der Waals surface area (Å²) >= 11 is 0. The highest BCUT2D eigenvalue weighted by atomic mass is 16.6. The van der Waals surface area contributed by atoms with Gasteiger partial charge in [-0.3, -0.25) is 24.3 Å². The van der Waals surface area contributed by atoms with Crippen LogP contribution in [-0.2, 0) is 24.4 Å². The van der Waals surface area contributed by atoms with E-state index in [1.807, 2.05) is 37.3 Å². The van der Waals surface area contributed by atoms with Crippen LogP contribution in [0.2, 0.25) is 0 Å². The normalized spacial score (nSPS) is 11.0. The monoisotopic (exact) mass is 492 g/mol. The molecule has 0 spiro atoms. The molecule has 12 heteroatoms. The van der Waals surface area contributed by atoms with Crippen molar-refractivity contribution < 1.29 is 14.5 Å². The number of nitro groups is 1. The first-order valence-corrected chi connectivity index (χ1v) is 11.1. The van der Waals surface area contributed by atoms with Crippen LogP contribution in [0.15, 0.2) is 58.4 Å². The number of ether oxygens (including phenoxy) is 1. The molecule has 186 valence electrons. The Morgan fingerprint density at radius 2 is 1.89 bits per heavy atom. The Hall–Kier alpha value is -4.74. The van der Waals surface area contributed by atoms with Crippen LogP contribution in [0.25, 0.3) is 11.2 Å². The maximum absolute atomic E-state index is 13.4. The molecule has 12 nitrogen and oxygen atoms in total. The summed E-state index contributed by atoms with van der Waals surface area (Å²) in [7, 11) is 1.28. The van der Waals surface area contributed by atoms with Crippen molar-refractivity contribution >= 4 is 28.4 Å². The minimum atomic E-state index is -0.675. The van der Waals surface area contributed by atoms with Crippen LogP contribution in [0, 0.1) is 17.0 Å². The molecule has 0 radical (unpaired) electrons. The highest BCUT2D eigenvalue weighted by Gasteiger charge is 2.21. The van der Waals surface area contributed by atoms with E-state index >= 15 is 0 Å². The van der Waals surface area contributed by atoms with E-state index in [0.717, 1.165) is 10.1 Å². The number of aromatic nitrogens is 4. The van der Waals surface area contributed by atoms with Gasteiger partial charge in [0.15, 0.2) is 16.9 Å². The quantitative estimate of drug-likeness (QED) is 0.294. The highest BCUT2D eigenvalue weighted by Crippen LogP contribution is 2.32. The van der Waals surface area contributed by atoms with Gasteiger partial charge in [0.1, 0.15) is 6.54 Å². The molecule has 0 saturated heterocycles. The number of nitrogens with zero attached hydrogens (tertiary/aromatic N) is 5. The molecule has 2 aromatic heterocycles. The standard InChI is InChI=1S/C24H24N6O6/c1-4-27-14-25-22-21(27)23(32)29(24(33)28(22)12-16-8-6-5-7-9-16)13-20(31)26-17-11-19(36-3)18(30(34)35)10-15(17)2/h5-11,14H,4,12-13H2,1-3H3,(H,26,31). The molecule has 0 aliphatic rings. The second kappa shape index (κ2) is 9.86. The molecule has 1 amide bonds. The van der Waals surface area contributed by atoms with Gasteiger partial charge < -0.3 is 14.6 Å². The van der Waals surface area contributed by atoms with Gasteiger partial charge in [-0.05, 0) is 25.0 Å². The summed E-state index contributed by atoms with van der Waals surface area (Å²) in [4.78, 5) is 54.6. The number of imidazole rings is 1. The molecule has 2 aromatic carbocycles. The number of fused-ring (bicyclic) bond motifs is 1.